The van der Waals surface area contributed by atoms with E-state index < -0.39 is 0 Å². The summed E-state index contributed by atoms with van der Waals surface area (Å²) in [7, 11) is 0. The van der Waals surface area contributed by atoms with Gasteiger partial charge in [0.2, 0.25) is 5.91 Å². The molecule has 5 heteroatoms. The van der Waals surface area contributed by atoms with Gasteiger partial charge in [0, 0.05) is 38.0 Å². The summed E-state index contributed by atoms with van der Waals surface area (Å²) in [6.07, 6.45) is 6.60. The lowest BCUT2D eigenvalue weighted by Crippen LogP contribution is -2.48. The first-order valence-corrected chi connectivity index (χ1v) is 10.0. The smallest absolute Gasteiger partial charge is 0.223 e. The van der Waals surface area contributed by atoms with Crippen molar-refractivity contribution in [2.75, 3.05) is 39.4 Å². The fourth-order valence-corrected chi connectivity index (χ4v) is 4.20. The number of likely N-dealkylation sites (tertiary alicyclic amines) is 1. The molecule has 2 aliphatic heterocycles. The molecule has 2 fully saturated rings. The fourth-order valence-electron chi connectivity index (χ4n) is 4.20. The molecule has 1 aromatic carbocycles. The van der Waals surface area contributed by atoms with Crippen LogP contribution in [0.5, 0.6) is 0 Å². The van der Waals surface area contributed by atoms with Crippen molar-refractivity contribution in [2.45, 2.75) is 44.9 Å². The highest BCUT2D eigenvalue weighted by molar-refractivity contribution is 5.76. The molecule has 1 atom stereocenters. The number of rotatable bonds is 8. The number of hydrogen-bond donors (Lipinski definition) is 1. The monoisotopic (exact) mass is 360 g/mol. The number of hydrogen-bond acceptors (Lipinski definition) is 4. The third kappa shape index (κ3) is 5.29. The van der Waals surface area contributed by atoms with Crippen molar-refractivity contribution in [1.82, 2.24) is 9.96 Å². The van der Waals surface area contributed by atoms with Crippen LogP contribution in [0.2, 0.25) is 0 Å². The molecular formula is C21H32N2O3. The van der Waals surface area contributed by atoms with E-state index in [0.29, 0.717) is 19.5 Å². The summed E-state index contributed by atoms with van der Waals surface area (Å²) < 4.78 is 0. The minimum atomic E-state index is -0.132. The highest BCUT2D eigenvalue weighted by Gasteiger charge is 2.36. The molecule has 2 heterocycles. The molecule has 2 saturated heterocycles. The van der Waals surface area contributed by atoms with Crippen LogP contribution in [0.4, 0.5) is 0 Å². The number of amides is 1. The van der Waals surface area contributed by atoms with Crippen LogP contribution in [0.3, 0.4) is 0 Å². The first-order valence-electron chi connectivity index (χ1n) is 10.0. The van der Waals surface area contributed by atoms with Gasteiger partial charge in [0.25, 0.3) is 0 Å². The van der Waals surface area contributed by atoms with Crippen molar-refractivity contribution < 1.29 is 14.7 Å². The molecule has 5 nitrogen and oxygen atoms in total. The molecule has 2 aliphatic rings. The van der Waals surface area contributed by atoms with Crippen molar-refractivity contribution in [2.24, 2.45) is 5.41 Å². The van der Waals surface area contributed by atoms with Crippen LogP contribution in [0.15, 0.2) is 30.3 Å². The molecule has 1 amide bonds. The standard InChI is InChI=1S/C21H32N2O3/c24-18-21(11-4-9-19-7-2-1-3-8-19)12-5-13-22(17-21)20(25)10-15-23-14-6-16-26-23/h1-3,7-8,24H,4-6,9-18H2/t21-/m0/s1. The van der Waals surface area contributed by atoms with Gasteiger partial charge < -0.3 is 10.0 Å². The minimum absolute atomic E-state index is 0.132. The van der Waals surface area contributed by atoms with E-state index in [-0.39, 0.29) is 17.9 Å². The van der Waals surface area contributed by atoms with Gasteiger partial charge in [-0.1, -0.05) is 30.3 Å². The van der Waals surface area contributed by atoms with Crippen LogP contribution in [-0.2, 0) is 16.1 Å². The number of benzene rings is 1. The first-order chi connectivity index (χ1) is 12.7. The number of piperidine rings is 1. The van der Waals surface area contributed by atoms with Gasteiger partial charge in [0.15, 0.2) is 0 Å². The van der Waals surface area contributed by atoms with Crippen LogP contribution in [0.1, 0.15) is 44.1 Å². The number of nitrogens with zero attached hydrogens (tertiary/aromatic N) is 2. The molecule has 0 spiro atoms. The second kappa shape index (κ2) is 9.49. The number of hydroxylamine groups is 2. The van der Waals surface area contributed by atoms with Crippen LogP contribution < -0.4 is 0 Å². The largest absolute Gasteiger partial charge is 0.396 e. The Bertz CT molecular complexity index is 560. The Hall–Kier alpha value is -1.43. The van der Waals surface area contributed by atoms with E-state index in [9.17, 15) is 9.90 Å². The van der Waals surface area contributed by atoms with Gasteiger partial charge in [0.05, 0.1) is 13.2 Å². The Labute approximate surface area is 156 Å². The van der Waals surface area contributed by atoms with E-state index >= 15 is 0 Å². The summed E-state index contributed by atoms with van der Waals surface area (Å²) >= 11 is 0. The average molecular weight is 360 g/mol. The molecular weight excluding hydrogens is 328 g/mol. The molecule has 0 aromatic heterocycles. The van der Waals surface area contributed by atoms with Crippen molar-refractivity contribution >= 4 is 5.91 Å². The molecule has 0 saturated carbocycles. The molecule has 1 aromatic rings. The molecule has 0 bridgehead atoms. The summed E-state index contributed by atoms with van der Waals surface area (Å²) in [4.78, 5) is 20.1. The predicted octanol–water partition coefficient (Wildman–Crippen LogP) is 2.64. The van der Waals surface area contributed by atoms with Crippen molar-refractivity contribution in [3.8, 4) is 0 Å². The topological polar surface area (TPSA) is 53.0 Å². The molecule has 0 aliphatic carbocycles. The van der Waals surface area contributed by atoms with Gasteiger partial charge in [0.1, 0.15) is 0 Å². The van der Waals surface area contributed by atoms with Crippen molar-refractivity contribution in [3.63, 3.8) is 0 Å². The third-order valence-electron chi connectivity index (χ3n) is 5.77. The zero-order valence-electron chi connectivity index (χ0n) is 15.7. The summed E-state index contributed by atoms with van der Waals surface area (Å²) in [6, 6.07) is 10.5. The Morgan fingerprint density at radius 2 is 2.04 bits per heavy atom. The summed E-state index contributed by atoms with van der Waals surface area (Å²) in [5, 5.41) is 12.0. The molecule has 0 radical (unpaired) electrons. The average Bonchev–Trinajstić information content (AvgIpc) is 3.21. The molecule has 0 unspecified atom stereocenters. The number of carbonyl (C=O) groups excluding carboxylic acids is 1. The Morgan fingerprint density at radius 3 is 2.77 bits per heavy atom. The zero-order chi connectivity index (χ0) is 18.2. The van der Waals surface area contributed by atoms with Crippen LogP contribution in [0, 0.1) is 5.41 Å². The lowest BCUT2D eigenvalue weighted by atomic mass is 9.76. The number of aliphatic hydroxyl groups excluding tert-OH is 1. The summed E-state index contributed by atoms with van der Waals surface area (Å²) in [6.45, 7) is 4.05. The van der Waals surface area contributed by atoms with Crippen LogP contribution >= 0.6 is 0 Å². The van der Waals surface area contributed by atoms with Crippen LogP contribution in [0.25, 0.3) is 0 Å². The number of aliphatic hydroxyl groups is 1. The Balaban J connectivity index is 1.48. The maximum Gasteiger partial charge on any atom is 0.223 e. The van der Waals surface area contributed by atoms with E-state index in [1.54, 1.807) is 0 Å². The lowest BCUT2D eigenvalue weighted by Gasteiger charge is -2.42. The number of aryl methyl sites for hydroxylation is 1. The van der Waals surface area contributed by atoms with Gasteiger partial charge in [-0.25, -0.2) is 0 Å². The zero-order valence-corrected chi connectivity index (χ0v) is 15.7. The second-order valence-corrected chi connectivity index (χ2v) is 7.78. The third-order valence-corrected chi connectivity index (χ3v) is 5.77. The molecule has 1 N–H and O–H groups in total. The lowest BCUT2D eigenvalue weighted by molar-refractivity contribution is -0.142. The van der Waals surface area contributed by atoms with Gasteiger partial charge in [-0.2, -0.15) is 5.06 Å². The predicted molar refractivity (Wildman–Crippen MR) is 101 cm³/mol. The molecule has 144 valence electrons. The molecule has 3 rings (SSSR count). The quantitative estimate of drug-likeness (QED) is 0.774. The normalized spacial score (nSPS) is 24.1. The molecule has 26 heavy (non-hydrogen) atoms. The highest BCUT2D eigenvalue weighted by atomic mass is 16.7. The summed E-state index contributed by atoms with van der Waals surface area (Å²) in [5.74, 6) is 0.195. The van der Waals surface area contributed by atoms with E-state index in [1.807, 2.05) is 16.0 Å². The SMILES string of the molecule is O=C(CCN1CCCO1)N1CCC[C@@](CO)(CCCc2ccccc2)C1. The Morgan fingerprint density at radius 1 is 1.19 bits per heavy atom. The summed E-state index contributed by atoms with van der Waals surface area (Å²) in [5.41, 5.74) is 1.21. The van der Waals surface area contributed by atoms with Crippen LogP contribution in [-0.4, -0.2) is 60.4 Å². The number of carbonyl (C=O) groups is 1. The maximum atomic E-state index is 12.6. The van der Waals surface area contributed by atoms with Gasteiger partial charge in [-0.05, 0) is 44.1 Å². The van der Waals surface area contributed by atoms with Crippen molar-refractivity contribution in [1.29, 1.82) is 0 Å². The second-order valence-electron chi connectivity index (χ2n) is 7.78. The van der Waals surface area contributed by atoms with E-state index in [2.05, 4.69) is 24.3 Å². The maximum absolute atomic E-state index is 12.6. The van der Waals surface area contributed by atoms with Gasteiger partial charge >= 0.3 is 0 Å². The van der Waals surface area contributed by atoms with Crippen molar-refractivity contribution in [3.05, 3.63) is 35.9 Å². The fraction of sp³-hybridized carbons (Fsp3) is 0.667. The van der Waals surface area contributed by atoms with E-state index in [0.717, 1.165) is 58.2 Å². The highest BCUT2D eigenvalue weighted by Crippen LogP contribution is 2.35. The van der Waals surface area contributed by atoms with E-state index in [1.165, 1.54) is 5.56 Å². The van der Waals surface area contributed by atoms with Gasteiger partial charge in [-0.15, -0.1) is 0 Å². The van der Waals surface area contributed by atoms with E-state index in [4.69, 9.17) is 4.84 Å². The first kappa shape index (κ1) is 19.3. The van der Waals surface area contributed by atoms with Gasteiger partial charge in [-0.3, -0.25) is 9.63 Å². The minimum Gasteiger partial charge on any atom is -0.396 e. The Kier molecular flexibility index (Phi) is 7.06.